The maximum Gasteiger partial charge on any atom is 0.0249 e. The first-order valence-electron chi connectivity index (χ1n) is 8.81. The van der Waals surface area contributed by atoms with E-state index >= 15 is 0 Å². The van der Waals surface area contributed by atoms with Gasteiger partial charge < -0.3 is 0 Å². The van der Waals surface area contributed by atoms with Crippen LogP contribution >= 0.6 is 15.9 Å². The first-order chi connectivity index (χ1) is 11.7. The zero-order chi connectivity index (χ0) is 16.8. The number of hydrogen-bond acceptors (Lipinski definition) is 0. The molecule has 3 rings (SSSR count). The van der Waals surface area contributed by atoms with Crippen LogP contribution in [0, 0.1) is 17.8 Å². The maximum absolute atomic E-state index is 3.45. The third-order valence-corrected chi connectivity index (χ3v) is 5.20. The van der Waals surface area contributed by atoms with Crippen LogP contribution in [-0.4, -0.2) is 0 Å². The number of halogens is 1. The minimum Gasteiger partial charge on any atom is -0.0804 e. The number of allylic oxidation sites excluding steroid dienone is 2. The van der Waals surface area contributed by atoms with Crippen molar-refractivity contribution in [3.05, 3.63) is 75.8 Å². The molecule has 122 valence electrons. The van der Waals surface area contributed by atoms with E-state index in [1.54, 1.807) is 0 Å². The maximum atomic E-state index is 3.45. The molecular weight excluding hydrogens is 356 g/mol. The monoisotopic (exact) mass is 378 g/mol. The number of benzene rings is 2. The van der Waals surface area contributed by atoms with Crippen LogP contribution < -0.4 is 0 Å². The van der Waals surface area contributed by atoms with E-state index in [9.17, 15) is 0 Å². The molecule has 0 amide bonds. The van der Waals surface area contributed by atoms with Gasteiger partial charge in [0.1, 0.15) is 0 Å². The number of rotatable bonds is 3. The summed E-state index contributed by atoms with van der Waals surface area (Å²) < 4.78 is 1.08. The molecule has 0 radical (unpaired) electrons. The van der Waals surface area contributed by atoms with Gasteiger partial charge in [-0.15, -0.1) is 0 Å². The first-order valence-corrected chi connectivity index (χ1v) is 9.61. The van der Waals surface area contributed by atoms with Crippen molar-refractivity contribution in [2.24, 2.45) is 5.92 Å². The molecule has 0 nitrogen and oxygen atoms in total. The molecule has 1 unspecified atom stereocenters. The predicted molar refractivity (Wildman–Crippen MR) is 107 cm³/mol. The van der Waals surface area contributed by atoms with Crippen molar-refractivity contribution in [2.45, 2.75) is 39.0 Å². The van der Waals surface area contributed by atoms with Gasteiger partial charge in [-0.05, 0) is 72.7 Å². The Labute approximate surface area is 154 Å². The highest BCUT2D eigenvalue weighted by molar-refractivity contribution is 9.10. The van der Waals surface area contributed by atoms with E-state index in [0.29, 0.717) is 0 Å². The van der Waals surface area contributed by atoms with Crippen molar-refractivity contribution >= 4 is 21.5 Å². The highest BCUT2D eigenvalue weighted by Gasteiger charge is 2.14. The second kappa shape index (κ2) is 8.36. The summed E-state index contributed by atoms with van der Waals surface area (Å²) in [6.45, 7) is 2.28. The molecular formula is C23H23Br. The Hall–Kier alpha value is -1.78. The second-order valence-corrected chi connectivity index (χ2v) is 7.41. The third kappa shape index (κ3) is 4.62. The van der Waals surface area contributed by atoms with Crippen molar-refractivity contribution in [3.63, 3.8) is 0 Å². The van der Waals surface area contributed by atoms with Crippen LogP contribution in [0.1, 0.15) is 55.7 Å². The Morgan fingerprint density at radius 2 is 1.58 bits per heavy atom. The average molecular weight is 379 g/mol. The Morgan fingerprint density at radius 1 is 0.958 bits per heavy atom. The molecule has 0 spiro atoms. The van der Waals surface area contributed by atoms with E-state index < -0.39 is 0 Å². The topological polar surface area (TPSA) is 0 Å². The Bertz CT molecular complexity index is 754. The van der Waals surface area contributed by atoms with Gasteiger partial charge in [0, 0.05) is 15.6 Å². The van der Waals surface area contributed by atoms with Crippen molar-refractivity contribution in [2.75, 3.05) is 0 Å². The van der Waals surface area contributed by atoms with Crippen molar-refractivity contribution in [3.8, 4) is 11.8 Å². The van der Waals surface area contributed by atoms with Crippen LogP contribution in [0.25, 0.3) is 5.57 Å². The van der Waals surface area contributed by atoms with E-state index in [-0.39, 0.29) is 0 Å². The molecule has 2 aromatic rings. The lowest BCUT2D eigenvalue weighted by molar-refractivity contribution is 0.445. The largest absolute Gasteiger partial charge is 0.0804 e. The summed E-state index contributed by atoms with van der Waals surface area (Å²) in [5.74, 6) is 7.37. The van der Waals surface area contributed by atoms with Crippen LogP contribution in [0.4, 0.5) is 0 Å². The molecule has 2 aromatic carbocycles. The lowest BCUT2D eigenvalue weighted by Crippen LogP contribution is -2.04. The van der Waals surface area contributed by atoms with E-state index in [0.717, 1.165) is 21.5 Å². The Kier molecular flexibility index (Phi) is 5.94. The van der Waals surface area contributed by atoms with Crippen molar-refractivity contribution in [1.29, 1.82) is 0 Å². The van der Waals surface area contributed by atoms with Crippen molar-refractivity contribution in [1.82, 2.24) is 0 Å². The van der Waals surface area contributed by atoms with Crippen LogP contribution in [0.15, 0.2) is 59.1 Å². The molecule has 0 saturated carbocycles. The van der Waals surface area contributed by atoms with Crippen LogP contribution in [0.3, 0.4) is 0 Å². The zero-order valence-electron chi connectivity index (χ0n) is 14.2. The van der Waals surface area contributed by atoms with Gasteiger partial charge in [-0.25, -0.2) is 0 Å². The Morgan fingerprint density at radius 3 is 2.12 bits per heavy atom. The molecule has 24 heavy (non-hydrogen) atoms. The van der Waals surface area contributed by atoms with E-state index in [1.165, 1.54) is 43.2 Å². The summed E-state index contributed by atoms with van der Waals surface area (Å²) in [5.41, 5.74) is 4.98. The molecule has 0 aromatic heterocycles. The van der Waals surface area contributed by atoms with E-state index in [2.05, 4.69) is 65.0 Å². The van der Waals surface area contributed by atoms with E-state index in [1.807, 2.05) is 24.3 Å². The van der Waals surface area contributed by atoms with Gasteiger partial charge in [-0.1, -0.05) is 65.7 Å². The smallest absolute Gasteiger partial charge is 0.0249 e. The molecule has 0 N–H and O–H groups in total. The summed E-state index contributed by atoms with van der Waals surface area (Å²) in [6, 6.07) is 16.8. The van der Waals surface area contributed by atoms with Gasteiger partial charge >= 0.3 is 0 Å². The van der Waals surface area contributed by atoms with E-state index in [4.69, 9.17) is 0 Å². The minimum atomic E-state index is 0.898. The fourth-order valence-corrected chi connectivity index (χ4v) is 3.53. The van der Waals surface area contributed by atoms with Gasteiger partial charge in [-0.2, -0.15) is 0 Å². The molecule has 0 bridgehead atoms. The fraction of sp³-hybridized carbons (Fsp3) is 0.304. The zero-order valence-corrected chi connectivity index (χ0v) is 15.8. The Balaban J connectivity index is 1.67. The van der Waals surface area contributed by atoms with Gasteiger partial charge in [0.25, 0.3) is 0 Å². The lowest BCUT2D eigenvalue weighted by Gasteiger charge is -2.21. The summed E-state index contributed by atoms with van der Waals surface area (Å²) >= 11 is 3.45. The highest BCUT2D eigenvalue weighted by Crippen LogP contribution is 2.32. The molecule has 0 heterocycles. The molecule has 1 aliphatic rings. The molecule has 1 atom stereocenters. The predicted octanol–water partition coefficient (Wildman–Crippen LogP) is 6.83. The van der Waals surface area contributed by atoms with Crippen LogP contribution in [0.2, 0.25) is 0 Å². The second-order valence-electron chi connectivity index (χ2n) is 6.49. The van der Waals surface area contributed by atoms with Crippen LogP contribution in [0.5, 0.6) is 0 Å². The van der Waals surface area contributed by atoms with Gasteiger partial charge in [-0.3, -0.25) is 0 Å². The lowest BCUT2D eigenvalue weighted by atomic mass is 9.84. The molecule has 1 aliphatic carbocycles. The summed E-state index contributed by atoms with van der Waals surface area (Å²) in [5, 5.41) is 0. The molecule has 1 heteroatoms. The SMILES string of the molecule is CCCC1CC=C(c2ccc(C#Cc3ccc(Br)cc3)cc2)CC1. The third-order valence-electron chi connectivity index (χ3n) is 4.67. The van der Waals surface area contributed by atoms with Gasteiger partial charge in [0.2, 0.25) is 0 Å². The normalized spacial score (nSPS) is 16.9. The standard InChI is InChI=1S/C23H23Br/c1-2-3-18-6-12-21(13-7-18)22-14-8-19(9-15-22)4-5-20-10-16-23(24)17-11-20/h8-12,14-18H,2-3,6-7,13H2,1H3. The number of hydrogen-bond donors (Lipinski definition) is 0. The molecule has 0 aliphatic heterocycles. The van der Waals surface area contributed by atoms with Crippen LogP contribution in [-0.2, 0) is 0 Å². The van der Waals surface area contributed by atoms with Crippen molar-refractivity contribution < 1.29 is 0 Å². The molecule has 0 saturated heterocycles. The highest BCUT2D eigenvalue weighted by atomic mass is 79.9. The summed E-state index contributed by atoms with van der Waals surface area (Å²) in [4.78, 5) is 0. The van der Waals surface area contributed by atoms with Gasteiger partial charge in [0.05, 0.1) is 0 Å². The fourth-order valence-electron chi connectivity index (χ4n) is 3.27. The molecule has 0 fully saturated rings. The minimum absolute atomic E-state index is 0.898. The average Bonchev–Trinajstić information content (AvgIpc) is 2.63. The quantitative estimate of drug-likeness (QED) is 0.513. The van der Waals surface area contributed by atoms with Gasteiger partial charge in [0.15, 0.2) is 0 Å². The summed E-state index contributed by atoms with van der Waals surface area (Å²) in [6.07, 6.45) is 8.92. The summed E-state index contributed by atoms with van der Waals surface area (Å²) in [7, 11) is 0. The first kappa shape index (κ1) is 17.1.